The van der Waals surface area contributed by atoms with Crippen LogP contribution in [0.25, 0.3) is 0 Å². The summed E-state index contributed by atoms with van der Waals surface area (Å²) in [5.41, 5.74) is 7.69. The van der Waals surface area contributed by atoms with Gasteiger partial charge in [-0.05, 0) is 24.6 Å². The molecular formula is C14H16N4O2S. The van der Waals surface area contributed by atoms with Gasteiger partial charge in [0.15, 0.2) is 5.13 Å². The maximum Gasteiger partial charge on any atom is 0.263 e. The van der Waals surface area contributed by atoms with Crippen LogP contribution >= 0.6 is 11.3 Å². The molecule has 0 fully saturated rings. The molecule has 1 heterocycles. The number of hydrogen-bond acceptors (Lipinski definition) is 5. The van der Waals surface area contributed by atoms with Crippen molar-refractivity contribution in [2.24, 2.45) is 0 Å². The Morgan fingerprint density at radius 3 is 2.43 bits per heavy atom. The second kappa shape index (κ2) is 6.36. The Labute approximate surface area is 126 Å². The lowest BCUT2D eigenvalue weighted by molar-refractivity contribution is 0.0948. The minimum absolute atomic E-state index is 0.138. The molecule has 2 amide bonds. The molecule has 2 aromatic rings. The first-order chi connectivity index (χ1) is 10.0. The van der Waals surface area contributed by atoms with Gasteiger partial charge in [0.05, 0.1) is 5.69 Å². The van der Waals surface area contributed by atoms with Gasteiger partial charge in [-0.3, -0.25) is 9.59 Å². The fraction of sp³-hybridized carbons (Fsp3) is 0.214. The van der Waals surface area contributed by atoms with E-state index in [1.54, 1.807) is 38.2 Å². The number of nitrogen functional groups attached to an aromatic ring is 1. The number of carbonyl (C=O) groups excluding carboxylic acids is 2. The molecule has 0 radical (unpaired) electrons. The zero-order valence-corrected chi connectivity index (χ0v) is 12.6. The van der Waals surface area contributed by atoms with E-state index < -0.39 is 0 Å². The number of nitrogens with one attached hydrogen (secondary N) is 2. The third kappa shape index (κ3) is 3.57. The Balaban J connectivity index is 1.98. The number of thiazole rings is 1. The van der Waals surface area contributed by atoms with Crippen molar-refractivity contribution in [3.63, 3.8) is 0 Å². The number of rotatable bonds is 4. The molecule has 0 saturated heterocycles. The van der Waals surface area contributed by atoms with Crippen LogP contribution in [0.3, 0.4) is 0 Å². The van der Waals surface area contributed by atoms with Crippen molar-refractivity contribution in [2.75, 3.05) is 12.8 Å². The fourth-order valence-electron chi connectivity index (χ4n) is 1.81. The summed E-state index contributed by atoms with van der Waals surface area (Å²) in [6, 6.07) is 7.05. The van der Waals surface area contributed by atoms with Gasteiger partial charge in [0.25, 0.3) is 11.8 Å². The molecular weight excluding hydrogens is 288 g/mol. The average Bonchev–Trinajstić information content (AvgIpc) is 2.83. The maximum absolute atomic E-state index is 12.0. The number of amides is 2. The van der Waals surface area contributed by atoms with Crippen LogP contribution in [0.5, 0.6) is 0 Å². The molecule has 21 heavy (non-hydrogen) atoms. The van der Waals surface area contributed by atoms with Gasteiger partial charge in [-0.15, -0.1) is 0 Å². The number of aromatic nitrogens is 1. The average molecular weight is 304 g/mol. The van der Waals surface area contributed by atoms with Crippen LogP contribution in [0.15, 0.2) is 24.3 Å². The Morgan fingerprint density at radius 2 is 1.90 bits per heavy atom. The second-order valence-electron chi connectivity index (χ2n) is 4.43. The summed E-state index contributed by atoms with van der Waals surface area (Å²) in [5, 5.41) is 5.74. The van der Waals surface area contributed by atoms with Crippen LogP contribution in [-0.2, 0) is 6.54 Å². The molecule has 1 aromatic carbocycles. The first-order valence-corrected chi connectivity index (χ1v) is 7.15. The molecule has 6 nitrogen and oxygen atoms in total. The third-order valence-electron chi connectivity index (χ3n) is 2.92. The fourth-order valence-corrected chi connectivity index (χ4v) is 2.56. The van der Waals surface area contributed by atoms with E-state index in [1.807, 2.05) is 0 Å². The summed E-state index contributed by atoms with van der Waals surface area (Å²) >= 11 is 1.17. The third-order valence-corrected chi connectivity index (χ3v) is 3.90. The van der Waals surface area contributed by atoms with Gasteiger partial charge in [0, 0.05) is 19.2 Å². The van der Waals surface area contributed by atoms with E-state index >= 15 is 0 Å². The molecule has 110 valence electrons. The number of nitrogens with zero attached hydrogens (tertiary/aromatic N) is 1. The van der Waals surface area contributed by atoms with E-state index in [1.165, 1.54) is 11.3 Å². The van der Waals surface area contributed by atoms with Crippen molar-refractivity contribution in [3.8, 4) is 0 Å². The number of hydrogen-bond donors (Lipinski definition) is 3. The minimum Gasteiger partial charge on any atom is -0.375 e. The first kappa shape index (κ1) is 15.0. The topological polar surface area (TPSA) is 97.1 Å². The van der Waals surface area contributed by atoms with E-state index in [9.17, 15) is 9.59 Å². The number of carbonyl (C=O) groups is 2. The molecule has 0 spiro atoms. The highest BCUT2D eigenvalue weighted by atomic mass is 32.1. The Bertz CT molecular complexity index is 664. The molecule has 0 aliphatic rings. The summed E-state index contributed by atoms with van der Waals surface area (Å²) < 4.78 is 0. The lowest BCUT2D eigenvalue weighted by Crippen LogP contribution is -2.22. The lowest BCUT2D eigenvalue weighted by Gasteiger charge is -2.05. The van der Waals surface area contributed by atoms with E-state index in [2.05, 4.69) is 15.6 Å². The zero-order chi connectivity index (χ0) is 15.4. The molecule has 7 heteroatoms. The van der Waals surface area contributed by atoms with Crippen LogP contribution in [-0.4, -0.2) is 23.8 Å². The smallest absolute Gasteiger partial charge is 0.263 e. The molecule has 0 atom stereocenters. The Hall–Kier alpha value is -2.41. The zero-order valence-electron chi connectivity index (χ0n) is 11.8. The highest BCUT2D eigenvalue weighted by Crippen LogP contribution is 2.19. The molecule has 0 aliphatic heterocycles. The maximum atomic E-state index is 12.0. The number of anilines is 1. The largest absolute Gasteiger partial charge is 0.375 e. The van der Waals surface area contributed by atoms with Crippen LogP contribution in [0.2, 0.25) is 0 Å². The van der Waals surface area contributed by atoms with Crippen LogP contribution in [0, 0.1) is 6.92 Å². The van der Waals surface area contributed by atoms with E-state index in [4.69, 9.17) is 5.73 Å². The lowest BCUT2D eigenvalue weighted by atomic mass is 10.1. The molecule has 0 saturated carbocycles. The predicted octanol–water partition coefficient (Wildman–Crippen LogP) is 1.32. The number of aryl methyl sites for hydroxylation is 1. The minimum atomic E-state index is -0.197. The van der Waals surface area contributed by atoms with Crippen molar-refractivity contribution >= 4 is 28.3 Å². The van der Waals surface area contributed by atoms with Crippen LogP contribution in [0.4, 0.5) is 5.13 Å². The second-order valence-corrected chi connectivity index (χ2v) is 5.46. The highest BCUT2D eigenvalue weighted by Gasteiger charge is 2.13. The van der Waals surface area contributed by atoms with E-state index in [0.717, 1.165) is 5.56 Å². The molecule has 0 unspecified atom stereocenters. The standard InChI is InChI=1S/C14H16N4O2S/c1-8-11(21-14(15)18-8)13(20)17-7-9-3-5-10(6-4-9)12(19)16-2/h3-6H,7H2,1-2H3,(H2,15,18)(H,16,19)(H,17,20). The van der Waals surface area contributed by atoms with Crippen molar-refractivity contribution in [2.45, 2.75) is 13.5 Å². The quantitative estimate of drug-likeness (QED) is 0.793. The molecule has 4 N–H and O–H groups in total. The normalized spacial score (nSPS) is 10.2. The van der Waals surface area contributed by atoms with Gasteiger partial charge in [0.2, 0.25) is 0 Å². The first-order valence-electron chi connectivity index (χ1n) is 6.33. The van der Waals surface area contributed by atoms with Crippen molar-refractivity contribution in [1.29, 1.82) is 0 Å². The molecule has 0 bridgehead atoms. The van der Waals surface area contributed by atoms with Crippen molar-refractivity contribution < 1.29 is 9.59 Å². The predicted molar refractivity (Wildman–Crippen MR) is 82.3 cm³/mol. The Morgan fingerprint density at radius 1 is 1.24 bits per heavy atom. The Kier molecular flexibility index (Phi) is 4.54. The SMILES string of the molecule is CNC(=O)c1ccc(CNC(=O)c2sc(N)nc2C)cc1. The van der Waals surface area contributed by atoms with Crippen molar-refractivity contribution in [3.05, 3.63) is 46.0 Å². The summed E-state index contributed by atoms with van der Waals surface area (Å²) in [6.45, 7) is 2.13. The summed E-state index contributed by atoms with van der Waals surface area (Å²) in [7, 11) is 1.58. The van der Waals surface area contributed by atoms with Crippen LogP contribution < -0.4 is 16.4 Å². The van der Waals surface area contributed by atoms with E-state index in [0.29, 0.717) is 27.8 Å². The molecule has 0 aliphatic carbocycles. The van der Waals surface area contributed by atoms with Gasteiger partial charge in [-0.1, -0.05) is 23.5 Å². The number of benzene rings is 1. The van der Waals surface area contributed by atoms with Crippen LogP contribution in [0.1, 0.15) is 31.3 Å². The summed E-state index contributed by atoms with van der Waals surface area (Å²) in [4.78, 5) is 28.0. The van der Waals surface area contributed by atoms with Gasteiger partial charge in [0.1, 0.15) is 4.88 Å². The van der Waals surface area contributed by atoms with E-state index in [-0.39, 0.29) is 11.8 Å². The van der Waals surface area contributed by atoms with Gasteiger partial charge < -0.3 is 16.4 Å². The van der Waals surface area contributed by atoms with Gasteiger partial charge in [-0.2, -0.15) is 0 Å². The summed E-state index contributed by atoms with van der Waals surface area (Å²) in [5.74, 6) is -0.335. The summed E-state index contributed by atoms with van der Waals surface area (Å²) in [6.07, 6.45) is 0. The monoisotopic (exact) mass is 304 g/mol. The molecule has 1 aromatic heterocycles. The van der Waals surface area contributed by atoms with Gasteiger partial charge in [-0.25, -0.2) is 4.98 Å². The number of nitrogens with two attached hydrogens (primary N) is 1. The highest BCUT2D eigenvalue weighted by molar-refractivity contribution is 7.17. The van der Waals surface area contributed by atoms with Gasteiger partial charge >= 0.3 is 0 Å². The molecule has 2 rings (SSSR count). The van der Waals surface area contributed by atoms with Crippen molar-refractivity contribution in [1.82, 2.24) is 15.6 Å².